The molecule has 0 N–H and O–H groups in total. The quantitative estimate of drug-likeness (QED) is 0.609. The molecule has 14 heavy (non-hydrogen) atoms. The molecule has 0 unspecified atom stereocenters. The molecule has 0 aromatic heterocycles. The fourth-order valence-corrected chi connectivity index (χ4v) is 0.959. The molecule has 0 atom stereocenters. The minimum Gasteiger partial charge on any atom is -0.299 e. The third-order valence-electron chi connectivity index (χ3n) is 1.61. The van der Waals surface area contributed by atoms with Crippen LogP contribution < -0.4 is 0 Å². The Bertz CT molecular complexity index is 194. The van der Waals surface area contributed by atoms with Crippen LogP contribution >= 0.6 is 0 Å². The first-order valence-corrected chi connectivity index (χ1v) is 4.69. The largest absolute Gasteiger partial charge is 0.395 e. The van der Waals surface area contributed by atoms with E-state index in [9.17, 15) is 18.0 Å². The molecule has 0 saturated heterocycles. The van der Waals surface area contributed by atoms with Gasteiger partial charge in [0.1, 0.15) is 12.2 Å². The van der Waals surface area contributed by atoms with E-state index in [-0.39, 0.29) is 6.42 Å². The lowest BCUT2D eigenvalue weighted by atomic mass is 10.1. The highest BCUT2D eigenvalue weighted by Gasteiger charge is 2.30. The van der Waals surface area contributed by atoms with Crippen LogP contribution in [0.3, 0.4) is 0 Å². The summed E-state index contributed by atoms with van der Waals surface area (Å²) in [5, 5.41) is 0. The molecular weight excluding hydrogens is 193 g/mol. The second-order valence-electron chi connectivity index (χ2n) is 3.13. The number of alkyl halides is 3. The van der Waals surface area contributed by atoms with Crippen LogP contribution in [-0.2, 0) is 4.79 Å². The van der Waals surface area contributed by atoms with Crippen molar-refractivity contribution in [3.8, 4) is 0 Å². The smallest absolute Gasteiger partial charge is 0.299 e. The van der Waals surface area contributed by atoms with Gasteiger partial charge in [0.25, 0.3) is 0 Å². The maximum Gasteiger partial charge on any atom is 0.395 e. The maximum atomic E-state index is 11.7. The first-order valence-electron chi connectivity index (χ1n) is 4.69. The topological polar surface area (TPSA) is 17.1 Å². The Balaban J connectivity index is 3.55. The number of carbonyl (C=O) groups excluding carboxylic acids is 1. The van der Waals surface area contributed by atoms with E-state index in [0.29, 0.717) is 6.42 Å². The number of allylic oxidation sites excluding steroid dienone is 2. The molecule has 0 radical (unpaired) electrons. The zero-order valence-electron chi connectivity index (χ0n) is 8.23. The van der Waals surface area contributed by atoms with Crippen LogP contribution in [0.25, 0.3) is 0 Å². The summed E-state index contributed by atoms with van der Waals surface area (Å²) in [5.41, 5.74) is 0. The number of rotatable bonds is 6. The number of hydrogen-bond donors (Lipinski definition) is 0. The van der Waals surface area contributed by atoms with E-state index in [1.165, 1.54) is 0 Å². The van der Waals surface area contributed by atoms with Gasteiger partial charge in [-0.25, -0.2) is 0 Å². The molecule has 0 fully saturated rings. The van der Waals surface area contributed by atoms with Crippen molar-refractivity contribution in [2.24, 2.45) is 0 Å². The molecule has 0 aliphatic rings. The first kappa shape index (κ1) is 13.2. The minimum atomic E-state index is -4.36. The van der Waals surface area contributed by atoms with Crippen molar-refractivity contribution >= 4 is 5.78 Å². The Morgan fingerprint density at radius 3 is 2.29 bits per heavy atom. The van der Waals surface area contributed by atoms with Crippen molar-refractivity contribution in [3.05, 3.63) is 12.2 Å². The summed E-state index contributed by atoms with van der Waals surface area (Å²) >= 11 is 0. The summed E-state index contributed by atoms with van der Waals surface area (Å²) in [5.74, 6) is -0.737. The zero-order valence-corrected chi connectivity index (χ0v) is 8.23. The Morgan fingerprint density at radius 1 is 1.21 bits per heavy atom. The van der Waals surface area contributed by atoms with Crippen LogP contribution in [0.5, 0.6) is 0 Å². The Morgan fingerprint density at radius 2 is 1.79 bits per heavy atom. The standard InChI is InChI=1S/C10H15F3O/c1-2-3-4-5-6-7-9(14)8-10(11,12)13/h4-5H,2-3,6-8H2,1H3. The minimum absolute atomic E-state index is 0.0142. The Hall–Kier alpha value is -0.800. The van der Waals surface area contributed by atoms with Crippen molar-refractivity contribution in [2.45, 2.75) is 45.2 Å². The lowest BCUT2D eigenvalue weighted by molar-refractivity contribution is -0.152. The first-order chi connectivity index (χ1) is 6.45. The van der Waals surface area contributed by atoms with Gasteiger partial charge in [-0.3, -0.25) is 4.79 Å². The van der Waals surface area contributed by atoms with Crippen molar-refractivity contribution in [1.29, 1.82) is 0 Å². The average Bonchev–Trinajstić information content (AvgIpc) is 2.00. The van der Waals surface area contributed by atoms with Gasteiger partial charge in [-0.15, -0.1) is 0 Å². The number of carbonyl (C=O) groups is 1. The summed E-state index contributed by atoms with van der Waals surface area (Å²) in [4.78, 5) is 10.7. The predicted molar refractivity (Wildman–Crippen MR) is 49.0 cm³/mol. The summed E-state index contributed by atoms with van der Waals surface area (Å²) in [6, 6.07) is 0. The Kier molecular flexibility index (Phi) is 6.25. The number of ketones is 1. The van der Waals surface area contributed by atoms with Gasteiger partial charge in [-0.05, 0) is 12.8 Å². The molecule has 0 saturated carbocycles. The van der Waals surface area contributed by atoms with Crippen LogP contribution in [-0.4, -0.2) is 12.0 Å². The van der Waals surface area contributed by atoms with Crippen LogP contribution in [0.1, 0.15) is 39.0 Å². The normalized spacial score (nSPS) is 12.3. The van der Waals surface area contributed by atoms with Crippen LogP contribution in [0.15, 0.2) is 12.2 Å². The number of halogens is 3. The molecular formula is C10H15F3O. The second kappa shape index (κ2) is 6.62. The third-order valence-corrected chi connectivity index (χ3v) is 1.61. The van der Waals surface area contributed by atoms with E-state index in [0.717, 1.165) is 12.8 Å². The molecule has 0 heterocycles. The maximum absolute atomic E-state index is 11.7. The van der Waals surface area contributed by atoms with Crippen molar-refractivity contribution < 1.29 is 18.0 Å². The summed E-state index contributed by atoms with van der Waals surface area (Å²) in [7, 11) is 0. The highest BCUT2D eigenvalue weighted by molar-refractivity contribution is 5.79. The van der Waals surface area contributed by atoms with E-state index >= 15 is 0 Å². The van der Waals surface area contributed by atoms with Gasteiger partial charge in [0.15, 0.2) is 0 Å². The van der Waals surface area contributed by atoms with Gasteiger partial charge in [-0.2, -0.15) is 13.2 Å². The lowest BCUT2D eigenvalue weighted by Gasteiger charge is -2.03. The van der Waals surface area contributed by atoms with E-state index in [1.807, 2.05) is 13.0 Å². The summed E-state index contributed by atoms with van der Waals surface area (Å²) in [6.45, 7) is 2.01. The molecule has 4 heteroatoms. The van der Waals surface area contributed by atoms with Gasteiger partial charge in [0.2, 0.25) is 0 Å². The molecule has 0 aromatic rings. The molecule has 0 spiro atoms. The third kappa shape index (κ3) is 9.29. The molecule has 0 rings (SSSR count). The predicted octanol–water partition coefficient (Wildman–Crippen LogP) is 3.64. The van der Waals surface area contributed by atoms with E-state index < -0.39 is 18.4 Å². The zero-order chi connectivity index (χ0) is 11.0. The van der Waals surface area contributed by atoms with E-state index in [1.54, 1.807) is 6.08 Å². The molecule has 1 nitrogen and oxygen atoms in total. The van der Waals surface area contributed by atoms with Gasteiger partial charge >= 0.3 is 6.18 Å². The fourth-order valence-electron chi connectivity index (χ4n) is 0.959. The SMILES string of the molecule is CCCC=CCCC(=O)CC(F)(F)F. The molecule has 0 aliphatic heterocycles. The van der Waals surface area contributed by atoms with Crippen molar-refractivity contribution in [1.82, 2.24) is 0 Å². The molecule has 82 valence electrons. The summed E-state index contributed by atoms with van der Waals surface area (Å²) < 4.78 is 35.1. The number of Topliss-reactive ketones (excluding diaryl/α,β-unsaturated/α-hetero) is 1. The highest BCUT2D eigenvalue weighted by Crippen LogP contribution is 2.20. The second-order valence-corrected chi connectivity index (χ2v) is 3.13. The van der Waals surface area contributed by atoms with Gasteiger partial charge in [0, 0.05) is 6.42 Å². The number of hydrogen-bond acceptors (Lipinski definition) is 1. The molecule has 0 aromatic carbocycles. The van der Waals surface area contributed by atoms with E-state index in [4.69, 9.17) is 0 Å². The number of unbranched alkanes of at least 4 members (excludes halogenated alkanes) is 1. The van der Waals surface area contributed by atoms with Gasteiger partial charge < -0.3 is 0 Å². The summed E-state index contributed by atoms with van der Waals surface area (Å²) in [6.07, 6.45) is 0.312. The molecule has 0 bridgehead atoms. The average molecular weight is 208 g/mol. The highest BCUT2D eigenvalue weighted by atomic mass is 19.4. The molecule has 0 amide bonds. The Labute approximate surface area is 82.0 Å². The van der Waals surface area contributed by atoms with Crippen molar-refractivity contribution in [3.63, 3.8) is 0 Å². The van der Waals surface area contributed by atoms with Crippen molar-refractivity contribution in [2.75, 3.05) is 0 Å². The van der Waals surface area contributed by atoms with Gasteiger partial charge in [0.05, 0.1) is 0 Å². The van der Waals surface area contributed by atoms with Crippen LogP contribution in [0.4, 0.5) is 13.2 Å². The van der Waals surface area contributed by atoms with Crippen LogP contribution in [0, 0.1) is 0 Å². The van der Waals surface area contributed by atoms with Gasteiger partial charge in [-0.1, -0.05) is 25.5 Å². The van der Waals surface area contributed by atoms with Crippen LogP contribution in [0.2, 0.25) is 0 Å². The molecule has 0 aliphatic carbocycles. The lowest BCUT2D eigenvalue weighted by Crippen LogP contribution is -2.14. The van der Waals surface area contributed by atoms with E-state index in [2.05, 4.69) is 0 Å². The fraction of sp³-hybridized carbons (Fsp3) is 0.700. The monoisotopic (exact) mass is 208 g/mol.